The van der Waals surface area contributed by atoms with Gasteiger partial charge < -0.3 is 9.47 Å². The van der Waals surface area contributed by atoms with Crippen LogP contribution < -0.4 is 10.1 Å². The van der Waals surface area contributed by atoms with Crippen LogP contribution in [0.1, 0.15) is 28.4 Å². The van der Waals surface area contributed by atoms with Gasteiger partial charge in [-0.2, -0.15) is 0 Å². The molecule has 0 bridgehead atoms. The first-order chi connectivity index (χ1) is 13.9. The Morgan fingerprint density at radius 2 is 2.03 bits per heavy atom. The molecule has 1 N–H and O–H groups in total. The van der Waals surface area contributed by atoms with Crippen LogP contribution in [0.2, 0.25) is 0 Å². The van der Waals surface area contributed by atoms with Crippen molar-refractivity contribution in [2.24, 2.45) is 0 Å². The number of amides is 1. The second-order valence-corrected chi connectivity index (χ2v) is 8.01. The third-order valence-electron chi connectivity index (χ3n) is 4.92. The van der Waals surface area contributed by atoms with Gasteiger partial charge in [-0.25, -0.2) is 9.78 Å². The number of fused-ring (bicyclic) bond motifs is 1. The molecule has 3 aromatic rings. The Bertz CT molecular complexity index is 1110. The summed E-state index contributed by atoms with van der Waals surface area (Å²) in [5.74, 6) is -0.185. The first kappa shape index (κ1) is 19.1. The highest BCUT2D eigenvalue weighted by atomic mass is 32.1. The maximum Gasteiger partial charge on any atom is 0.339 e. The fourth-order valence-electron chi connectivity index (χ4n) is 3.37. The number of hydrogen-bond acceptors (Lipinski definition) is 6. The third kappa shape index (κ3) is 3.61. The predicted octanol–water partition coefficient (Wildman–Crippen LogP) is 4.24. The lowest BCUT2D eigenvalue weighted by atomic mass is 9.89. The number of carbonyl (C=O) groups excluding carboxylic acids is 2. The molecule has 1 atom stereocenters. The number of rotatable bonds is 4. The molecular weight excluding hydrogens is 388 g/mol. The average molecular weight is 408 g/mol. The minimum absolute atomic E-state index is 0.310. The van der Waals surface area contributed by atoms with Gasteiger partial charge in [-0.05, 0) is 37.6 Å². The Balaban J connectivity index is 1.56. The lowest BCUT2D eigenvalue weighted by molar-refractivity contribution is -0.134. The van der Waals surface area contributed by atoms with Gasteiger partial charge in [0.2, 0.25) is 0 Å². The molecular formula is C22H20N2O4S. The quantitative estimate of drug-likeness (QED) is 0.654. The number of thiazole rings is 1. The lowest BCUT2D eigenvalue weighted by Crippen LogP contribution is -2.48. The van der Waals surface area contributed by atoms with Crippen molar-refractivity contribution >= 4 is 28.3 Å². The molecule has 0 saturated heterocycles. The van der Waals surface area contributed by atoms with Crippen molar-refractivity contribution in [1.82, 2.24) is 4.98 Å². The van der Waals surface area contributed by atoms with E-state index in [9.17, 15) is 9.59 Å². The van der Waals surface area contributed by atoms with E-state index in [1.54, 1.807) is 26.2 Å². The van der Waals surface area contributed by atoms with Gasteiger partial charge >= 0.3 is 5.97 Å². The Morgan fingerprint density at radius 3 is 2.83 bits per heavy atom. The number of methoxy groups -OCH3 is 1. The van der Waals surface area contributed by atoms with Crippen LogP contribution in [-0.2, 0) is 16.0 Å². The van der Waals surface area contributed by atoms with E-state index in [-0.39, 0.29) is 0 Å². The summed E-state index contributed by atoms with van der Waals surface area (Å²) >= 11 is 1.31. The van der Waals surface area contributed by atoms with Gasteiger partial charge in [-0.15, -0.1) is 11.3 Å². The summed E-state index contributed by atoms with van der Waals surface area (Å²) in [7, 11) is 1.61. The van der Waals surface area contributed by atoms with Crippen LogP contribution in [0.5, 0.6) is 5.75 Å². The molecule has 0 unspecified atom stereocenters. The zero-order chi connectivity index (χ0) is 20.6. The van der Waals surface area contributed by atoms with Crippen molar-refractivity contribution in [2.75, 3.05) is 12.4 Å². The van der Waals surface area contributed by atoms with E-state index in [4.69, 9.17) is 9.47 Å². The van der Waals surface area contributed by atoms with E-state index in [2.05, 4.69) is 10.3 Å². The number of aromatic nitrogens is 1. The van der Waals surface area contributed by atoms with Gasteiger partial charge in [0.1, 0.15) is 5.75 Å². The zero-order valence-electron chi connectivity index (χ0n) is 16.3. The van der Waals surface area contributed by atoms with Crippen LogP contribution in [0.3, 0.4) is 0 Å². The van der Waals surface area contributed by atoms with Crippen molar-refractivity contribution in [2.45, 2.75) is 25.9 Å². The minimum Gasteiger partial charge on any atom is -0.496 e. The summed E-state index contributed by atoms with van der Waals surface area (Å²) in [6, 6.07) is 13.0. The molecule has 1 amide bonds. The SMILES string of the molecule is COc1ccc(C)cc1-c1csc(NC(=O)[C@@]2(C)Cc3ccccc3C(=O)O2)n1. The Hall–Kier alpha value is -3.19. The molecule has 7 heteroatoms. The van der Waals surface area contributed by atoms with Crippen LogP contribution in [0.4, 0.5) is 5.13 Å². The number of esters is 1. The molecule has 0 spiro atoms. The second kappa shape index (κ2) is 7.33. The van der Waals surface area contributed by atoms with E-state index in [0.717, 1.165) is 16.7 Å². The van der Waals surface area contributed by atoms with E-state index >= 15 is 0 Å². The number of ether oxygens (including phenoxy) is 2. The van der Waals surface area contributed by atoms with Gasteiger partial charge in [0.15, 0.2) is 10.7 Å². The molecule has 1 aliphatic rings. The summed E-state index contributed by atoms with van der Waals surface area (Å²) in [5, 5.41) is 5.09. The molecule has 148 valence electrons. The maximum atomic E-state index is 12.9. The lowest BCUT2D eigenvalue weighted by Gasteiger charge is -2.32. The average Bonchev–Trinajstić information content (AvgIpc) is 3.16. The van der Waals surface area contributed by atoms with E-state index in [0.29, 0.717) is 28.6 Å². The monoisotopic (exact) mass is 408 g/mol. The molecule has 1 aromatic heterocycles. The van der Waals surface area contributed by atoms with Gasteiger partial charge in [-0.1, -0.05) is 29.8 Å². The fraction of sp³-hybridized carbons (Fsp3) is 0.227. The summed E-state index contributed by atoms with van der Waals surface area (Å²) < 4.78 is 10.9. The highest BCUT2D eigenvalue weighted by molar-refractivity contribution is 7.14. The first-order valence-corrected chi connectivity index (χ1v) is 10.0. The molecule has 0 aliphatic carbocycles. The summed E-state index contributed by atoms with van der Waals surface area (Å²) in [6.07, 6.45) is 0.310. The van der Waals surface area contributed by atoms with Crippen LogP contribution in [0.25, 0.3) is 11.3 Å². The summed E-state index contributed by atoms with van der Waals surface area (Å²) in [5.41, 5.74) is 2.65. The third-order valence-corrected chi connectivity index (χ3v) is 5.68. The van der Waals surface area contributed by atoms with Crippen molar-refractivity contribution in [3.8, 4) is 17.0 Å². The normalized spacial score (nSPS) is 18.0. The van der Waals surface area contributed by atoms with Crippen LogP contribution in [-0.4, -0.2) is 29.6 Å². The number of cyclic esters (lactones) is 1. The minimum atomic E-state index is -1.29. The number of nitrogens with zero attached hydrogens (tertiary/aromatic N) is 1. The molecule has 29 heavy (non-hydrogen) atoms. The van der Waals surface area contributed by atoms with Crippen molar-refractivity contribution in [3.05, 3.63) is 64.5 Å². The molecule has 2 heterocycles. The predicted molar refractivity (Wildman–Crippen MR) is 111 cm³/mol. The molecule has 6 nitrogen and oxygen atoms in total. The molecule has 0 saturated carbocycles. The topological polar surface area (TPSA) is 77.5 Å². The Morgan fingerprint density at radius 1 is 1.24 bits per heavy atom. The van der Waals surface area contributed by atoms with E-state index < -0.39 is 17.5 Å². The Labute approximate surface area is 172 Å². The van der Waals surface area contributed by atoms with Crippen molar-refractivity contribution < 1.29 is 19.1 Å². The highest BCUT2D eigenvalue weighted by Crippen LogP contribution is 2.34. The number of anilines is 1. The summed E-state index contributed by atoms with van der Waals surface area (Å²) in [6.45, 7) is 3.61. The highest BCUT2D eigenvalue weighted by Gasteiger charge is 2.42. The number of nitrogens with one attached hydrogen (secondary N) is 1. The van der Waals surface area contributed by atoms with Crippen LogP contribution >= 0.6 is 11.3 Å². The molecule has 1 aliphatic heterocycles. The number of aryl methyl sites for hydroxylation is 1. The maximum absolute atomic E-state index is 12.9. The zero-order valence-corrected chi connectivity index (χ0v) is 17.1. The first-order valence-electron chi connectivity index (χ1n) is 9.13. The number of carbonyl (C=O) groups is 2. The molecule has 2 aromatic carbocycles. The Kier molecular flexibility index (Phi) is 4.84. The van der Waals surface area contributed by atoms with Gasteiger partial charge in [0, 0.05) is 17.4 Å². The van der Waals surface area contributed by atoms with Gasteiger partial charge in [0.25, 0.3) is 5.91 Å². The molecule has 0 radical (unpaired) electrons. The van der Waals surface area contributed by atoms with Crippen molar-refractivity contribution in [3.63, 3.8) is 0 Å². The van der Waals surface area contributed by atoms with Crippen LogP contribution in [0, 0.1) is 6.92 Å². The van der Waals surface area contributed by atoms with Gasteiger partial charge in [-0.3, -0.25) is 10.1 Å². The van der Waals surface area contributed by atoms with E-state index in [1.807, 2.05) is 42.6 Å². The number of benzene rings is 2. The number of hydrogen-bond donors (Lipinski definition) is 1. The standard InChI is InChI=1S/C22H20N2O4S/c1-13-8-9-18(27-3)16(10-13)17-12-29-21(23-17)24-20(26)22(2)11-14-6-4-5-7-15(14)19(25)28-22/h4-10,12H,11H2,1-3H3,(H,23,24,26)/t22-/m1/s1. The van der Waals surface area contributed by atoms with E-state index in [1.165, 1.54) is 11.3 Å². The molecule has 4 rings (SSSR count). The molecule has 0 fully saturated rings. The fourth-order valence-corrected chi connectivity index (χ4v) is 4.07. The largest absolute Gasteiger partial charge is 0.496 e. The van der Waals surface area contributed by atoms with Crippen LogP contribution in [0.15, 0.2) is 47.8 Å². The smallest absolute Gasteiger partial charge is 0.339 e. The van der Waals surface area contributed by atoms with Gasteiger partial charge in [0.05, 0.1) is 18.4 Å². The second-order valence-electron chi connectivity index (χ2n) is 7.15. The summed E-state index contributed by atoms with van der Waals surface area (Å²) in [4.78, 5) is 29.8. The van der Waals surface area contributed by atoms with Crippen molar-refractivity contribution in [1.29, 1.82) is 0 Å².